The number of hydrogen-bond acceptors (Lipinski definition) is 2. The van der Waals surface area contributed by atoms with E-state index in [9.17, 15) is 14.0 Å². The quantitative estimate of drug-likeness (QED) is 0.896. The highest BCUT2D eigenvalue weighted by Crippen LogP contribution is 2.19. The number of nitrogens with one attached hydrogen (secondary N) is 1. The minimum absolute atomic E-state index is 0.102. The van der Waals surface area contributed by atoms with Gasteiger partial charge in [-0.05, 0) is 51.5 Å². The summed E-state index contributed by atoms with van der Waals surface area (Å²) < 4.78 is 13.1. The van der Waals surface area contributed by atoms with Crippen LogP contribution in [0.5, 0.6) is 0 Å². The van der Waals surface area contributed by atoms with Crippen LogP contribution >= 0.6 is 0 Å². The molecule has 1 aromatic carbocycles. The average molecular weight is 296 g/mol. The Morgan fingerprint density at radius 1 is 1.33 bits per heavy atom. The van der Waals surface area contributed by atoms with Crippen LogP contribution in [0.4, 0.5) is 14.9 Å². The van der Waals surface area contributed by atoms with Crippen LogP contribution in [0.3, 0.4) is 0 Å². The first-order valence-electron chi connectivity index (χ1n) is 6.68. The first-order chi connectivity index (χ1) is 9.61. The highest BCUT2D eigenvalue weighted by molar-refractivity contribution is 5.90. The van der Waals surface area contributed by atoms with Crippen molar-refractivity contribution in [2.45, 2.75) is 39.7 Å². The number of carbonyl (C=O) groups excluding carboxylic acids is 1. The van der Waals surface area contributed by atoms with Crippen LogP contribution < -0.4 is 5.32 Å². The van der Waals surface area contributed by atoms with Crippen LogP contribution in [0.2, 0.25) is 0 Å². The Balaban J connectivity index is 2.88. The van der Waals surface area contributed by atoms with Gasteiger partial charge in [0.05, 0.1) is 6.42 Å². The molecule has 0 bridgehead atoms. The molecule has 0 atom stereocenters. The molecular formula is C15H21FN2O3. The summed E-state index contributed by atoms with van der Waals surface area (Å²) in [5.41, 5.74) is 0.592. The molecule has 0 aliphatic rings. The number of rotatable bonds is 4. The second kappa shape index (κ2) is 6.56. The molecule has 1 aromatic rings. The third-order valence-electron chi connectivity index (χ3n) is 3.03. The molecule has 0 radical (unpaired) electrons. The molecule has 2 N–H and O–H groups in total. The number of halogens is 1. The van der Waals surface area contributed by atoms with Crippen LogP contribution in [0.25, 0.3) is 0 Å². The molecule has 116 valence electrons. The van der Waals surface area contributed by atoms with Crippen molar-refractivity contribution in [3.8, 4) is 0 Å². The van der Waals surface area contributed by atoms with Crippen LogP contribution in [0.15, 0.2) is 18.2 Å². The van der Waals surface area contributed by atoms with Gasteiger partial charge in [0.2, 0.25) is 0 Å². The van der Waals surface area contributed by atoms with E-state index in [2.05, 4.69) is 5.32 Å². The third kappa shape index (κ3) is 5.06. The molecule has 6 heteroatoms. The van der Waals surface area contributed by atoms with Crippen LogP contribution in [0.1, 0.15) is 32.8 Å². The van der Waals surface area contributed by atoms with Gasteiger partial charge in [-0.3, -0.25) is 4.79 Å². The number of aryl methyl sites for hydroxylation is 1. The number of carboxylic acids is 1. The van der Waals surface area contributed by atoms with Crippen molar-refractivity contribution in [1.29, 1.82) is 0 Å². The molecule has 21 heavy (non-hydrogen) atoms. The van der Waals surface area contributed by atoms with Gasteiger partial charge in [0, 0.05) is 17.8 Å². The molecule has 0 unspecified atom stereocenters. The number of hydrogen-bond donors (Lipinski definition) is 2. The molecule has 0 aromatic heterocycles. The van der Waals surface area contributed by atoms with Crippen molar-refractivity contribution in [3.05, 3.63) is 29.6 Å². The summed E-state index contributed by atoms with van der Waals surface area (Å²) in [4.78, 5) is 24.5. The van der Waals surface area contributed by atoms with Gasteiger partial charge in [-0.15, -0.1) is 0 Å². The summed E-state index contributed by atoms with van der Waals surface area (Å²) in [7, 11) is 0. The van der Waals surface area contributed by atoms with Crippen LogP contribution in [-0.2, 0) is 4.79 Å². The van der Waals surface area contributed by atoms with Crippen LogP contribution in [-0.4, -0.2) is 34.1 Å². The van der Waals surface area contributed by atoms with Gasteiger partial charge in [0.15, 0.2) is 0 Å². The molecule has 1 rings (SSSR count). The Bertz CT molecular complexity index is 538. The number of anilines is 1. The minimum Gasteiger partial charge on any atom is -0.481 e. The van der Waals surface area contributed by atoms with E-state index in [0.29, 0.717) is 11.3 Å². The van der Waals surface area contributed by atoms with Crippen molar-refractivity contribution in [3.63, 3.8) is 0 Å². The first-order valence-corrected chi connectivity index (χ1v) is 6.68. The molecule has 0 aliphatic carbocycles. The maximum Gasteiger partial charge on any atom is 0.322 e. The molecule has 5 nitrogen and oxygen atoms in total. The van der Waals surface area contributed by atoms with Crippen molar-refractivity contribution in [2.75, 3.05) is 11.9 Å². The number of benzene rings is 1. The minimum atomic E-state index is -0.963. The lowest BCUT2D eigenvalue weighted by Gasteiger charge is -2.35. The molecule has 0 aliphatic heterocycles. The van der Waals surface area contributed by atoms with E-state index in [0.717, 1.165) is 0 Å². The fourth-order valence-electron chi connectivity index (χ4n) is 1.90. The van der Waals surface area contributed by atoms with E-state index in [-0.39, 0.29) is 18.8 Å². The average Bonchev–Trinajstić information content (AvgIpc) is 2.30. The number of carbonyl (C=O) groups is 2. The van der Waals surface area contributed by atoms with Crippen LogP contribution in [0, 0.1) is 12.7 Å². The molecule has 0 fully saturated rings. The van der Waals surface area contributed by atoms with E-state index < -0.39 is 17.5 Å². The van der Waals surface area contributed by atoms with Gasteiger partial charge in [-0.2, -0.15) is 0 Å². The van der Waals surface area contributed by atoms with Crippen molar-refractivity contribution >= 4 is 17.7 Å². The highest BCUT2D eigenvalue weighted by atomic mass is 19.1. The fraction of sp³-hybridized carbons (Fsp3) is 0.467. The topological polar surface area (TPSA) is 69.6 Å². The molecule has 0 saturated carbocycles. The predicted molar refractivity (Wildman–Crippen MR) is 78.9 cm³/mol. The van der Waals surface area contributed by atoms with E-state index in [1.54, 1.807) is 6.92 Å². The molecule has 0 saturated heterocycles. The lowest BCUT2D eigenvalue weighted by Crippen LogP contribution is -2.48. The second-order valence-electron chi connectivity index (χ2n) is 5.86. The Labute approximate surface area is 123 Å². The Hall–Kier alpha value is -2.11. The number of urea groups is 1. The normalized spacial score (nSPS) is 11.1. The van der Waals surface area contributed by atoms with Gasteiger partial charge < -0.3 is 15.3 Å². The van der Waals surface area contributed by atoms with Gasteiger partial charge >= 0.3 is 12.0 Å². The smallest absolute Gasteiger partial charge is 0.322 e. The van der Waals surface area contributed by atoms with Gasteiger partial charge in [0.1, 0.15) is 5.82 Å². The lowest BCUT2D eigenvalue weighted by atomic mass is 10.1. The summed E-state index contributed by atoms with van der Waals surface area (Å²) in [5, 5.41) is 11.5. The Kier molecular flexibility index (Phi) is 5.29. The molecule has 0 heterocycles. The summed E-state index contributed by atoms with van der Waals surface area (Å²) in [6, 6.07) is 3.68. The zero-order chi connectivity index (χ0) is 16.2. The zero-order valence-electron chi connectivity index (χ0n) is 12.7. The van der Waals surface area contributed by atoms with Gasteiger partial charge in [-0.1, -0.05) is 0 Å². The third-order valence-corrected chi connectivity index (χ3v) is 3.03. The SMILES string of the molecule is Cc1cc(F)ccc1NC(=O)N(CCC(=O)O)C(C)(C)C. The Morgan fingerprint density at radius 3 is 2.43 bits per heavy atom. The van der Waals surface area contributed by atoms with Crippen molar-refractivity contribution in [2.24, 2.45) is 0 Å². The predicted octanol–water partition coefficient (Wildman–Crippen LogP) is 3.24. The molecule has 2 amide bonds. The van der Waals surface area contributed by atoms with E-state index in [1.807, 2.05) is 20.8 Å². The number of carboxylic acid groups (broad SMARTS) is 1. The first kappa shape index (κ1) is 16.9. The maximum atomic E-state index is 13.1. The summed E-state index contributed by atoms with van der Waals surface area (Å²) >= 11 is 0. The molecular weight excluding hydrogens is 275 g/mol. The molecule has 0 spiro atoms. The second-order valence-corrected chi connectivity index (χ2v) is 5.86. The fourth-order valence-corrected chi connectivity index (χ4v) is 1.90. The van der Waals surface area contributed by atoms with E-state index in [4.69, 9.17) is 5.11 Å². The Morgan fingerprint density at radius 2 is 1.95 bits per heavy atom. The monoisotopic (exact) mass is 296 g/mol. The standard InChI is InChI=1S/C15H21FN2O3/c1-10-9-11(16)5-6-12(10)17-14(21)18(15(2,3)4)8-7-13(19)20/h5-6,9H,7-8H2,1-4H3,(H,17,21)(H,19,20). The van der Waals surface area contributed by atoms with E-state index in [1.165, 1.54) is 23.1 Å². The van der Waals surface area contributed by atoms with Crippen molar-refractivity contribution in [1.82, 2.24) is 4.90 Å². The summed E-state index contributed by atoms with van der Waals surface area (Å²) in [5.74, 6) is -1.33. The summed E-state index contributed by atoms with van der Waals surface area (Å²) in [6.07, 6.45) is -0.132. The van der Waals surface area contributed by atoms with Gasteiger partial charge in [-0.25, -0.2) is 9.18 Å². The number of amides is 2. The van der Waals surface area contributed by atoms with Crippen molar-refractivity contribution < 1.29 is 19.1 Å². The zero-order valence-corrected chi connectivity index (χ0v) is 12.7. The lowest BCUT2D eigenvalue weighted by molar-refractivity contribution is -0.137. The highest BCUT2D eigenvalue weighted by Gasteiger charge is 2.27. The number of aliphatic carboxylic acids is 1. The van der Waals surface area contributed by atoms with E-state index >= 15 is 0 Å². The maximum absolute atomic E-state index is 13.1. The summed E-state index contributed by atoms with van der Waals surface area (Å²) in [6.45, 7) is 7.27. The largest absolute Gasteiger partial charge is 0.481 e. The number of nitrogens with zero attached hydrogens (tertiary/aromatic N) is 1. The van der Waals surface area contributed by atoms with Gasteiger partial charge in [0.25, 0.3) is 0 Å².